The summed E-state index contributed by atoms with van der Waals surface area (Å²) in [6, 6.07) is 21.1. The standard InChI is InChI=1S/C24H21ClN4O4S/c1-16-22(24(31)29(28(16)2)18-8-4-3-5-9-18)27-34(32,33)19-14-12-17(13-15-19)23(30)26-21-11-7-6-10-20(21)25/h3-15,27H,1-2H3,(H,26,30). The van der Waals surface area contributed by atoms with Gasteiger partial charge < -0.3 is 5.32 Å². The molecule has 2 N–H and O–H groups in total. The van der Waals surface area contributed by atoms with Crippen LogP contribution in [0.3, 0.4) is 0 Å². The lowest BCUT2D eigenvalue weighted by Gasteiger charge is -2.09. The molecule has 10 heteroatoms. The van der Waals surface area contributed by atoms with Crippen molar-refractivity contribution in [3.8, 4) is 5.69 Å². The number of para-hydroxylation sites is 2. The number of hydrogen-bond acceptors (Lipinski definition) is 4. The Kier molecular flexibility index (Phi) is 6.32. The Hall–Kier alpha value is -3.82. The van der Waals surface area contributed by atoms with Crippen LogP contribution in [-0.2, 0) is 17.1 Å². The molecule has 4 rings (SSSR count). The predicted octanol–water partition coefficient (Wildman–Crippen LogP) is 4.19. The lowest BCUT2D eigenvalue weighted by atomic mass is 10.2. The third kappa shape index (κ3) is 4.48. The van der Waals surface area contributed by atoms with Crippen molar-refractivity contribution in [2.45, 2.75) is 11.8 Å². The summed E-state index contributed by atoms with van der Waals surface area (Å²) < 4.78 is 31.4. The normalized spacial score (nSPS) is 11.3. The maximum atomic E-state index is 13.0. The van der Waals surface area contributed by atoms with E-state index in [-0.39, 0.29) is 16.1 Å². The Labute approximate surface area is 201 Å². The van der Waals surface area contributed by atoms with Crippen LogP contribution >= 0.6 is 11.6 Å². The predicted molar refractivity (Wildman–Crippen MR) is 132 cm³/mol. The van der Waals surface area contributed by atoms with Gasteiger partial charge in [-0.3, -0.25) is 19.0 Å². The van der Waals surface area contributed by atoms with E-state index >= 15 is 0 Å². The third-order valence-corrected chi connectivity index (χ3v) is 7.03. The first-order valence-electron chi connectivity index (χ1n) is 10.2. The van der Waals surface area contributed by atoms with E-state index in [0.29, 0.717) is 22.1 Å². The highest BCUT2D eigenvalue weighted by Gasteiger charge is 2.23. The molecule has 3 aromatic carbocycles. The van der Waals surface area contributed by atoms with Crippen molar-refractivity contribution in [2.75, 3.05) is 10.0 Å². The Balaban J connectivity index is 1.58. The van der Waals surface area contributed by atoms with Crippen LogP contribution in [0.5, 0.6) is 0 Å². The average Bonchev–Trinajstić information content (AvgIpc) is 3.04. The van der Waals surface area contributed by atoms with Gasteiger partial charge in [0.15, 0.2) is 0 Å². The minimum Gasteiger partial charge on any atom is -0.321 e. The topological polar surface area (TPSA) is 102 Å². The Bertz CT molecular complexity index is 1530. The number of aromatic nitrogens is 2. The molecule has 0 radical (unpaired) electrons. The number of nitrogens with one attached hydrogen (secondary N) is 2. The molecule has 0 saturated heterocycles. The molecule has 1 heterocycles. The summed E-state index contributed by atoms with van der Waals surface area (Å²) in [6.45, 7) is 1.65. The molecule has 174 valence electrons. The molecule has 0 bridgehead atoms. The fourth-order valence-corrected chi connectivity index (χ4v) is 4.72. The van der Waals surface area contributed by atoms with Crippen molar-refractivity contribution in [2.24, 2.45) is 7.05 Å². The number of hydrogen-bond donors (Lipinski definition) is 2. The number of benzene rings is 3. The van der Waals surface area contributed by atoms with Crippen LogP contribution in [0, 0.1) is 6.92 Å². The van der Waals surface area contributed by atoms with Gasteiger partial charge in [-0.25, -0.2) is 13.1 Å². The lowest BCUT2D eigenvalue weighted by Crippen LogP contribution is -2.23. The number of carbonyl (C=O) groups is 1. The molecule has 0 saturated carbocycles. The third-order valence-electron chi connectivity index (χ3n) is 5.34. The van der Waals surface area contributed by atoms with E-state index in [9.17, 15) is 18.0 Å². The molecule has 1 aromatic heterocycles. The number of anilines is 2. The smallest absolute Gasteiger partial charge is 0.296 e. The van der Waals surface area contributed by atoms with Crippen LogP contribution in [0.4, 0.5) is 11.4 Å². The van der Waals surface area contributed by atoms with Crippen LogP contribution in [0.25, 0.3) is 5.69 Å². The number of rotatable bonds is 6. The highest BCUT2D eigenvalue weighted by Crippen LogP contribution is 2.22. The van der Waals surface area contributed by atoms with Crippen LogP contribution in [-0.4, -0.2) is 23.7 Å². The fraction of sp³-hybridized carbons (Fsp3) is 0.0833. The Morgan fingerprint density at radius 1 is 0.912 bits per heavy atom. The molecule has 0 aliphatic heterocycles. The first kappa shape index (κ1) is 23.3. The van der Waals surface area contributed by atoms with Crippen molar-refractivity contribution in [3.63, 3.8) is 0 Å². The monoisotopic (exact) mass is 496 g/mol. The second-order valence-electron chi connectivity index (χ2n) is 7.50. The van der Waals surface area contributed by atoms with Gasteiger partial charge in [-0.1, -0.05) is 41.9 Å². The van der Waals surface area contributed by atoms with Crippen molar-refractivity contribution in [1.82, 2.24) is 9.36 Å². The van der Waals surface area contributed by atoms with Gasteiger partial charge in [0.05, 0.1) is 27.0 Å². The highest BCUT2D eigenvalue weighted by molar-refractivity contribution is 7.92. The number of carbonyl (C=O) groups excluding carboxylic acids is 1. The first-order chi connectivity index (χ1) is 16.2. The van der Waals surface area contributed by atoms with Crippen molar-refractivity contribution in [3.05, 3.63) is 105 Å². The van der Waals surface area contributed by atoms with Gasteiger partial charge in [-0.05, 0) is 55.5 Å². The van der Waals surface area contributed by atoms with Gasteiger partial charge in [0.1, 0.15) is 5.69 Å². The first-order valence-corrected chi connectivity index (χ1v) is 12.1. The quantitative estimate of drug-likeness (QED) is 0.418. The van der Waals surface area contributed by atoms with Gasteiger partial charge in [-0.2, -0.15) is 0 Å². The zero-order chi connectivity index (χ0) is 24.5. The van der Waals surface area contributed by atoms with E-state index in [1.54, 1.807) is 67.2 Å². The SMILES string of the molecule is Cc1c(NS(=O)(=O)c2ccc(C(=O)Nc3ccccc3Cl)cc2)c(=O)n(-c2ccccc2)n1C. The average molecular weight is 497 g/mol. The summed E-state index contributed by atoms with van der Waals surface area (Å²) in [7, 11) is -2.41. The highest BCUT2D eigenvalue weighted by atomic mass is 35.5. The lowest BCUT2D eigenvalue weighted by molar-refractivity contribution is 0.102. The number of sulfonamides is 1. The van der Waals surface area contributed by atoms with Gasteiger partial charge in [0, 0.05) is 12.6 Å². The van der Waals surface area contributed by atoms with Gasteiger partial charge in [0.25, 0.3) is 21.5 Å². The molecular formula is C24H21ClN4O4S. The second kappa shape index (κ2) is 9.20. The molecule has 34 heavy (non-hydrogen) atoms. The zero-order valence-electron chi connectivity index (χ0n) is 18.3. The number of amides is 1. The number of halogens is 1. The summed E-state index contributed by atoms with van der Waals surface area (Å²) >= 11 is 6.06. The van der Waals surface area contributed by atoms with Crippen LogP contribution < -0.4 is 15.6 Å². The second-order valence-corrected chi connectivity index (χ2v) is 9.59. The number of nitrogens with zero attached hydrogens (tertiary/aromatic N) is 2. The van der Waals surface area contributed by atoms with Gasteiger partial charge in [-0.15, -0.1) is 0 Å². The van der Waals surface area contributed by atoms with Crippen LogP contribution in [0.15, 0.2) is 88.6 Å². The fourth-order valence-electron chi connectivity index (χ4n) is 3.42. The minimum absolute atomic E-state index is 0.0492. The Morgan fingerprint density at radius 2 is 1.53 bits per heavy atom. The largest absolute Gasteiger partial charge is 0.321 e. The van der Waals surface area contributed by atoms with E-state index in [4.69, 9.17) is 11.6 Å². The zero-order valence-corrected chi connectivity index (χ0v) is 19.9. The van der Waals surface area contributed by atoms with Crippen molar-refractivity contribution < 1.29 is 13.2 Å². The summed E-state index contributed by atoms with van der Waals surface area (Å²) in [4.78, 5) is 25.4. The van der Waals surface area contributed by atoms with Crippen LogP contribution in [0.1, 0.15) is 16.1 Å². The van der Waals surface area contributed by atoms with E-state index in [2.05, 4.69) is 10.0 Å². The molecule has 0 aliphatic carbocycles. The summed E-state index contributed by atoms with van der Waals surface area (Å²) in [5.41, 5.74) is 1.21. The van der Waals surface area contributed by atoms with Crippen molar-refractivity contribution in [1.29, 1.82) is 0 Å². The maximum absolute atomic E-state index is 13.0. The molecular weight excluding hydrogens is 476 g/mol. The summed E-state index contributed by atoms with van der Waals surface area (Å²) in [5, 5.41) is 3.07. The maximum Gasteiger partial charge on any atom is 0.296 e. The molecule has 0 fully saturated rings. The minimum atomic E-state index is -4.08. The van der Waals surface area contributed by atoms with Gasteiger partial charge >= 0.3 is 0 Å². The van der Waals surface area contributed by atoms with E-state index in [1.807, 2.05) is 6.07 Å². The molecule has 8 nitrogen and oxygen atoms in total. The van der Waals surface area contributed by atoms with E-state index in [1.165, 1.54) is 28.9 Å². The van der Waals surface area contributed by atoms with Crippen LogP contribution in [0.2, 0.25) is 5.02 Å². The summed E-state index contributed by atoms with van der Waals surface area (Å²) in [6.07, 6.45) is 0. The molecule has 1 amide bonds. The van der Waals surface area contributed by atoms with Gasteiger partial charge in [0.2, 0.25) is 0 Å². The summed E-state index contributed by atoms with van der Waals surface area (Å²) in [5.74, 6) is -0.436. The van der Waals surface area contributed by atoms with E-state index in [0.717, 1.165) is 0 Å². The molecule has 4 aromatic rings. The molecule has 0 aliphatic rings. The van der Waals surface area contributed by atoms with Crippen molar-refractivity contribution >= 4 is 38.9 Å². The molecule has 0 spiro atoms. The molecule has 0 atom stereocenters. The Morgan fingerprint density at radius 3 is 2.18 bits per heavy atom. The van der Waals surface area contributed by atoms with E-state index < -0.39 is 21.5 Å². The molecule has 0 unspecified atom stereocenters.